The SMILES string of the molecule is C#C.CN(C)CCN(Cc1cccs1)c1ccccn1. The van der Waals surface area contributed by atoms with Gasteiger partial charge in [0.25, 0.3) is 0 Å². The van der Waals surface area contributed by atoms with E-state index in [1.54, 1.807) is 11.3 Å². The van der Waals surface area contributed by atoms with Gasteiger partial charge in [0.1, 0.15) is 5.82 Å². The second kappa shape index (κ2) is 9.13. The second-order valence-electron chi connectivity index (χ2n) is 4.49. The molecular formula is C16H21N3S. The highest BCUT2D eigenvalue weighted by molar-refractivity contribution is 7.09. The van der Waals surface area contributed by atoms with Gasteiger partial charge >= 0.3 is 0 Å². The fourth-order valence-corrected chi connectivity index (χ4v) is 2.45. The molecule has 0 unspecified atom stereocenters. The zero-order chi connectivity index (χ0) is 14.8. The number of thiophene rings is 1. The third-order valence-electron chi connectivity index (χ3n) is 2.72. The van der Waals surface area contributed by atoms with Crippen LogP contribution in [0.2, 0.25) is 0 Å². The lowest BCUT2D eigenvalue weighted by Gasteiger charge is -2.24. The molecule has 0 N–H and O–H groups in total. The molecule has 2 aromatic rings. The summed E-state index contributed by atoms with van der Waals surface area (Å²) in [6.45, 7) is 2.95. The summed E-state index contributed by atoms with van der Waals surface area (Å²) in [6.07, 6.45) is 9.85. The fourth-order valence-electron chi connectivity index (χ4n) is 1.73. The van der Waals surface area contributed by atoms with Crippen molar-refractivity contribution in [1.82, 2.24) is 9.88 Å². The van der Waals surface area contributed by atoms with Gasteiger partial charge in [0.2, 0.25) is 0 Å². The Morgan fingerprint density at radius 1 is 1.10 bits per heavy atom. The van der Waals surface area contributed by atoms with Crippen molar-refractivity contribution in [2.45, 2.75) is 6.54 Å². The summed E-state index contributed by atoms with van der Waals surface area (Å²) < 4.78 is 0. The van der Waals surface area contributed by atoms with E-state index >= 15 is 0 Å². The minimum atomic E-state index is 0.933. The van der Waals surface area contributed by atoms with Gasteiger partial charge in [-0.15, -0.1) is 24.2 Å². The fraction of sp³-hybridized carbons (Fsp3) is 0.312. The number of hydrogen-bond acceptors (Lipinski definition) is 4. The molecule has 106 valence electrons. The van der Waals surface area contributed by atoms with E-state index in [4.69, 9.17) is 0 Å². The van der Waals surface area contributed by atoms with E-state index in [-0.39, 0.29) is 0 Å². The molecule has 0 fully saturated rings. The summed E-state index contributed by atoms with van der Waals surface area (Å²) >= 11 is 1.80. The van der Waals surface area contributed by atoms with Crippen LogP contribution in [0, 0.1) is 12.8 Å². The van der Waals surface area contributed by atoms with Crippen LogP contribution < -0.4 is 4.90 Å². The van der Waals surface area contributed by atoms with E-state index in [2.05, 4.69) is 65.3 Å². The molecule has 2 heterocycles. The summed E-state index contributed by atoms with van der Waals surface area (Å²) in [4.78, 5) is 10.3. The molecule has 0 saturated carbocycles. The first kappa shape index (κ1) is 16.2. The molecule has 20 heavy (non-hydrogen) atoms. The topological polar surface area (TPSA) is 19.4 Å². The summed E-state index contributed by atoms with van der Waals surface area (Å²) in [5.74, 6) is 1.05. The molecule has 0 atom stereocenters. The van der Waals surface area contributed by atoms with Crippen molar-refractivity contribution < 1.29 is 0 Å². The van der Waals surface area contributed by atoms with E-state index in [0.29, 0.717) is 0 Å². The van der Waals surface area contributed by atoms with Crippen molar-refractivity contribution >= 4 is 17.2 Å². The molecule has 0 spiro atoms. The van der Waals surface area contributed by atoms with Crippen molar-refractivity contribution in [3.05, 3.63) is 46.8 Å². The van der Waals surface area contributed by atoms with E-state index in [9.17, 15) is 0 Å². The van der Waals surface area contributed by atoms with E-state index in [0.717, 1.165) is 25.5 Å². The predicted octanol–water partition coefficient (Wildman–Crippen LogP) is 2.96. The van der Waals surface area contributed by atoms with Crippen LogP contribution >= 0.6 is 11.3 Å². The van der Waals surface area contributed by atoms with E-state index < -0.39 is 0 Å². The van der Waals surface area contributed by atoms with Gasteiger partial charge in [-0.05, 0) is 37.7 Å². The van der Waals surface area contributed by atoms with Gasteiger partial charge in [-0.25, -0.2) is 4.98 Å². The molecule has 0 amide bonds. The average molecular weight is 287 g/mol. The Hall–Kier alpha value is -1.83. The summed E-state index contributed by atoms with van der Waals surface area (Å²) in [7, 11) is 4.20. The standard InChI is InChI=1S/C14H19N3S.C2H2/c1-16(2)9-10-17(12-13-6-5-11-18-13)14-7-3-4-8-15-14;1-2/h3-8,11H,9-10,12H2,1-2H3;1-2H. The summed E-state index contributed by atoms with van der Waals surface area (Å²) in [5, 5.41) is 2.12. The first-order chi connectivity index (χ1) is 9.75. The molecule has 0 aromatic carbocycles. The third-order valence-corrected chi connectivity index (χ3v) is 3.58. The maximum atomic E-state index is 4.45. The summed E-state index contributed by atoms with van der Waals surface area (Å²) in [6, 6.07) is 10.3. The molecule has 0 bridgehead atoms. The lowest BCUT2D eigenvalue weighted by Crippen LogP contribution is -2.31. The Kier molecular flexibility index (Phi) is 7.41. The number of hydrogen-bond donors (Lipinski definition) is 0. The first-order valence-electron chi connectivity index (χ1n) is 6.42. The highest BCUT2D eigenvalue weighted by Crippen LogP contribution is 2.17. The van der Waals surface area contributed by atoms with Crippen LogP contribution in [0.25, 0.3) is 0 Å². The molecule has 0 radical (unpaired) electrons. The number of terminal acetylenes is 1. The monoisotopic (exact) mass is 287 g/mol. The van der Waals surface area contributed by atoms with E-state index in [1.807, 2.05) is 18.3 Å². The minimum absolute atomic E-state index is 0.933. The Bertz CT molecular complexity index is 477. The second-order valence-corrected chi connectivity index (χ2v) is 5.52. The van der Waals surface area contributed by atoms with Crippen molar-refractivity contribution in [2.75, 3.05) is 32.1 Å². The maximum absolute atomic E-state index is 4.45. The number of aromatic nitrogens is 1. The normalized spacial score (nSPS) is 9.85. The van der Waals surface area contributed by atoms with E-state index in [1.165, 1.54) is 4.88 Å². The highest BCUT2D eigenvalue weighted by atomic mass is 32.1. The highest BCUT2D eigenvalue weighted by Gasteiger charge is 2.09. The quantitative estimate of drug-likeness (QED) is 0.762. The third kappa shape index (κ3) is 5.43. The molecule has 4 heteroatoms. The van der Waals surface area contributed by atoms with Gasteiger partial charge in [-0.3, -0.25) is 0 Å². The van der Waals surface area contributed by atoms with Gasteiger partial charge in [0, 0.05) is 24.2 Å². The average Bonchev–Trinajstić information content (AvgIpc) is 2.99. The molecule has 0 aliphatic rings. The molecular weight excluding hydrogens is 266 g/mol. The molecule has 0 aliphatic heterocycles. The van der Waals surface area contributed by atoms with Crippen molar-refractivity contribution in [3.8, 4) is 12.8 Å². The van der Waals surface area contributed by atoms with Gasteiger partial charge in [-0.2, -0.15) is 0 Å². The molecule has 0 saturated heterocycles. The Morgan fingerprint density at radius 2 is 1.90 bits per heavy atom. The van der Waals surface area contributed by atoms with Gasteiger partial charge in [0.15, 0.2) is 0 Å². The Labute approximate surface area is 125 Å². The van der Waals surface area contributed by atoms with Crippen molar-refractivity contribution in [2.24, 2.45) is 0 Å². The van der Waals surface area contributed by atoms with Gasteiger partial charge < -0.3 is 9.80 Å². The first-order valence-corrected chi connectivity index (χ1v) is 7.30. The van der Waals surface area contributed by atoms with Crippen LogP contribution in [-0.4, -0.2) is 37.1 Å². The van der Waals surface area contributed by atoms with Crippen LogP contribution in [0.5, 0.6) is 0 Å². The zero-order valence-corrected chi connectivity index (χ0v) is 12.9. The summed E-state index contributed by atoms with van der Waals surface area (Å²) in [5.41, 5.74) is 0. The lowest BCUT2D eigenvalue weighted by molar-refractivity contribution is 0.412. The van der Waals surface area contributed by atoms with Gasteiger partial charge in [0.05, 0.1) is 6.54 Å². The molecule has 3 nitrogen and oxygen atoms in total. The minimum Gasteiger partial charge on any atom is -0.350 e. The van der Waals surface area contributed by atoms with Crippen LogP contribution in [-0.2, 0) is 6.54 Å². The Morgan fingerprint density at radius 3 is 2.45 bits per heavy atom. The Balaban J connectivity index is 0.000000956. The number of rotatable bonds is 6. The van der Waals surface area contributed by atoms with Crippen LogP contribution in [0.3, 0.4) is 0 Å². The smallest absolute Gasteiger partial charge is 0.128 e. The largest absolute Gasteiger partial charge is 0.350 e. The van der Waals surface area contributed by atoms with Crippen molar-refractivity contribution in [3.63, 3.8) is 0 Å². The molecule has 0 aliphatic carbocycles. The van der Waals surface area contributed by atoms with Crippen LogP contribution in [0.15, 0.2) is 41.9 Å². The lowest BCUT2D eigenvalue weighted by atomic mass is 10.3. The number of pyridine rings is 1. The number of nitrogens with zero attached hydrogens (tertiary/aromatic N) is 3. The number of anilines is 1. The van der Waals surface area contributed by atoms with Crippen LogP contribution in [0.1, 0.15) is 4.88 Å². The molecule has 2 rings (SSSR count). The molecule has 2 aromatic heterocycles. The maximum Gasteiger partial charge on any atom is 0.128 e. The van der Waals surface area contributed by atoms with Crippen LogP contribution in [0.4, 0.5) is 5.82 Å². The van der Waals surface area contributed by atoms with Crippen molar-refractivity contribution in [1.29, 1.82) is 0 Å². The predicted molar refractivity (Wildman–Crippen MR) is 88.1 cm³/mol. The van der Waals surface area contributed by atoms with Gasteiger partial charge in [-0.1, -0.05) is 12.1 Å². The number of likely N-dealkylation sites (N-methyl/N-ethyl adjacent to an activating group) is 1. The zero-order valence-electron chi connectivity index (χ0n) is 12.1.